The van der Waals surface area contributed by atoms with Gasteiger partial charge < -0.3 is 9.73 Å². The molecule has 1 heterocycles. The van der Waals surface area contributed by atoms with E-state index in [2.05, 4.69) is 29.4 Å². The Morgan fingerprint density at radius 2 is 2.07 bits per heavy atom. The predicted octanol–water partition coefficient (Wildman–Crippen LogP) is 2.25. The second kappa shape index (κ2) is 6.85. The van der Waals surface area contributed by atoms with Crippen molar-refractivity contribution < 1.29 is 4.42 Å². The van der Waals surface area contributed by atoms with Gasteiger partial charge in [0.15, 0.2) is 0 Å². The summed E-state index contributed by atoms with van der Waals surface area (Å²) >= 11 is 1.60. The zero-order valence-corrected chi connectivity index (χ0v) is 10.4. The molecule has 5 heteroatoms. The molecule has 0 aliphatic carbocycles. The molecule has 1 aromatic rings. The highest BCUT2D eigenvalue weighted by atomic mass is 32.2. The van der Waals surface area contributed by atoms with Gasteiger partial charge in [-0.1, -0.05) is 25.6 Å². The minimum Gasteiger partial charge on any atom is -0.416 e. The Morgan fingerprint density at radius 3 is 2.60 bits per heavy atom. The van der Waals surface area contributed by atoms with Crippen LogP contribution in [0.15, 0.2) is 9.64 Å². The topological polar surface area (TPSA) is 51.0 Å². The minimum atomic E-state index is 0.630. The Balaban J connectivity index is 2.11. The molecule has 86 valence electrons. The molecule has 0 atom stereocenters. The number of hydrogen-bond donors (Lipinski definition) is 1. The summed E-state index contributed by atoms with van der Waals surface area (Å²) in [6.45, 7) is 7.20. The molecule has 0 fully saturated rings. The van der Waals surface area contributed by atoms with Crippen LogP contribution in [0.2, 0.25) is 0 Å². The van der Waals surface area contributed by atoms with Crippen molar-refractivity contribution in [3.63, 3.8) is 0 Å². The van der Waals surface area contributed by atoms with Crippen LogP contribution in [0.3, 0.4) is 0 Å². The lowest BCUT2D eigenvalue weighted by molar-refractivity contribution is 0.429. The Kier molecular flexibility index (Phi) is 5.71. The summed E-state index contributed by atoms with van der Waals surface area (Å²) in [5, 5.41) is 11.8. The predicted molar refractivity (Wildman–Crippen MR) is 62.1 cm³/mol. The Bertz CT molecular complexity index is 273. The lowest BCUT2D eigenvalue weighted by atomic mass is 10.2. The van der Waals surface area contributed by atoms with E-state index in [1.165, 1.54) is 12.8 Å². The van der Waals surface area contributed by atoms with Gasteiger partial charge in [-0.2, -0.15) is 0 Å². The number of thioether (sulfide) groups is 1. The molecule has 0 aromatic carbocycles. The summed E-state index contributed by atoms with van der Waals surface area (Å²) in [5.74, 6) is 1.60. The molecule has 0 aliphatic heterocycles. The third-order valence-electron chi connectivity index (χ3n) is 2.25. The molecule has 0 aliphatic rings. The zero-order chi connectivity index (χ0) is 11.1. The second-order valence-corrected chi connectivity index (χ2v) is 4.45. The quantitative estimate of drug-likeness (QED) is 0.574. The van der Waals surface area contributed by atoms with Gasteiger partial charge in [0, 0.05) is 25.3 Å². The molecule has 0 unspecified atom stereocenters. The minimum absolute atomic E-state index is 0.630. The molecular weight excluding hydrogens is 210 g/mol. The first-order valence-electron chi connectivity index (χ1n) is 5.42. The summed E-state index contributed by atoms with van der Waals surface area (Å²) in [4.78, 5) is 0. The molecule has 15 heavy (non-hydrogen) atoms. The summed E-state index contributed by atoms with van der Waals surface area (Å²) < 4.78 is 5.26. The number of aromatic nitrogens is 2. The van der Waals surface area contributed by atoms with E-state index in [1.54, 1.807) is 18.7 Å². The van der Waals surface area contributed by atoms with Crippen LogP contribution in [-0.4, -0.2) is 28.5 Å². The zero-order valence-electron chi connectivity index (χ0n) is 9.62. The molecule has 1 rings (SSSR count). The molecule has 0 radical (unpaired) electrons. The molecule has 0 spiro atoms. The van der Waals surface area contributed by atoms with Gasteiger partial charge in [0.1, 0.15) is 0 Å². The van der Waals surface area contributed by atoms with Gasteiger partial charge in [0.25, 0.3) is 5.22 Å². The lowest BCUT2D eigenvalue weighted by Gasteiger charge is -2.13. The number of nitrogens with zero attached hydrogens (tertiary/aromatic N) is 2. The van der Waals surface area contributed by atoms with Crippen LogP contribution in [0.5, 0.6) is 0 Å². The molecule has 0 saturated heterocycles. The van der Waals surface area contributed by atoms with E-state index >= 15 is 0 Å². The van der Waals surface area contributed by atoms with Crippen molar-refractivity contribution in [2.75, 3.05) is 12.3 Å². The van der Waals surface area contributed by atoms with Gasteiger partial charge in [-0.15, -0.1) is 10.2 Å². The van der Waals surface area contributed by atoms with Crippen molar-refractivity contribution in [2.45, 2.75) is 44.9 Å². The van der Waals surface area contributed by atoms with Gasteiger partial charge >= 0.3 is 0 Å². The van der Waals surface area contributed by atoms with Crippen LogP contribution in [0.25, 0.3) is 0 Å². The number of aryl methyl sites for hydroxylation is 1. The monoisotopic (exact) mass is 229 g/mol. The van der Waals surface area contributed by atoms with Gasteiger partial charge in [-0.25, -0.2) is 0 Å². The first kappa shape index (κ1) is 12.5. The molecule has 4 nitrogen and oxygen atoms in total. The van der Waals surface area contributed by atoms with Crippen LogP contribution in [0.1, 0.15) is 32.6 Å². The average molecular weight is 229 g/mol. The standard InChI is InChI=1S/C10H19N3OS/c1-4-9(5-2)11-6-7-15-10-13-12-8(3)14-10/h9,11H,4-7H2,1-3H3. The van der Waals surface area contributed by atoms with Gasteiger partial charge in [-0.3, -0.25) is 0 Å². The van der Waals surface area contributed by atoms with Crippen molar-refractivity contribution in [3.8, 4) is 0 Å². The fourth-order valence-electron chi connectivity index (χ4n) is 1.32. The van der Waals surface area contributed by atoms with Crippen molar-refractivity contribution in [1.82, 2.24) is 15.5 Å². The number of hydrogen-bond acceptors (Lipinski definition) is 5. The molecule has 1 aromatic heterocycles. The molecule has 0 bridgehead atoms. The first-order chi connectivity index (χ1) is 7.26. The largest absolute Gasteiger partial charge is 0.416 e. The fourth-order valence-corrected chi connectivity index (χ4v) is 1.99. The van der Waals surface area contributed by atoms with Crippen LogP contribution >= 0.6 is 11.8 Å². The molecular formula is C10H19N3OS. The van der Waals surface area contributed by atoms with E-state index < -0.39 is 0 Å². The highest BCUT2D eigenvalue weighted by Gasteiger charge is 2.04. The SMILES string of the molecule is CCC(CC)NCCSc1nnc(C)o1. The van der Waals surface area contributed by atoms with E-state index in [0.717, 1.165) is 12.3 Å². The molecule has 0 amide bonds. The van der Waals surface area contributed by atoms with Crippen LogP contribution in [-0.2, 0) is 0 Å². The number of nitrogens with one attached hydrogen (secondary N) is 1. The van der Waals surface area contributed by atoms with E-state index in [9.17, 15) is 0 Å². The van der Waals surface area contributed by atoms with E-state index in [-0.39, 0.29) is 0 Å². The van der Waals surface area contributed by atoms with E-state index in [1.807, 2.05) is 0 Å². The number of rotatable bonds is 7. The molecule has 0 saturated carbocycles. The van der Waals surface area contributed by atoms with Gasteiger partial charge in [0.2, 0.25) is 5.89 Å². The maximum absolute atomic E-state index is 5.26. The fraction of sp³-hybridized carbons (Fsp3) is 0.800. The smallest absolute Gasteiger partial charge is 0.276 e. The summed E-state index contributed by atoms with van der Waals surface area (Å²) in [7, 11) is 0. The second-order valence-electron chi connectivity index (χ2n) is 3.40. The summed E-state index contributed by atoms with van der Waals surface area (Å²) in [6.07, 6.45) is 2.36. The van der Waals surface area contributed by atoms with Gasteiger partial charge in [-0.05, 0) is 12.8 Å². The maximum Gasteiger partial charge on any atom is 0.276 e. The van der Waals surface area contributed by atoms with Crippen molar-refractivity contribution in [2.24, 2.45) is 0 Å². The Hall–Kier alpha value is -0.550. The third kappa shape index (κ3) is 4.66. The van der Waals surface area contributed by atoms with Crippen LogP contribution in [0, 0.1) is 6.92 Å². The van der Waals surface area contributed by atoms with E-state index in [4.69, 9.17) is 4.42 Å². The Labute approximate surface area is 95.2 Å². The van der Waals surface area contributed by atoms with Crippen molar-refractivity contribution in [1.29, 1.82) is 0 Å². The highest BCUT2D eigenvalue weighted by molar-refractivity contribution is 7.99. The highest BCUT2D eigenvalue weighted by Crippen LogP contribution is 2.14. The van der Waals surface area contributed by atoms with Crippen LogP contribution < -0.4 is 5.32 Å². The molecule has 1 N–H and O–H groups in total. The normalized spacial score (nSPS) is 11.2. The lowest BCUT2D eigenvalue weighted by Crippen LogP contribution is -2.29. The maximum atomic E-state index is 5.26. The first-order valence-corrected chi connectivity index (χ1v) is 6.41. The van der Waals surface area contributed by atoms with Crippen LogP contribution in [0.4, 0.5) is 0 Å². The summed E-state index contributed by atoms with van der Waals surface area (Å²) in [5.41, 5.74) is 0. The Morgan fingerprint density at radius 1 is 1.33 bits per heavy atom. The van der Waals surface area contributed by atoms with Crippen molar-refractivity contribution in [3.05, 3.63) is 5.89 Å². The van der Waals surface area contributed by atoms with E-state index in [0.29, 0.717) is 17.2 Å². The average Bonchev–Trinajstić information content (AvgIpc) is 2.65. The van der Waals surface area contributed by atoms with Crippen molar-refractivity contribution >= 4 is 11.8 Å². The summed E-state index contributed by atoms with van der Waals surface area (Å²) in [6, 6.07) is 0.634. The third-order valence-corrected chi connectivity index (χ3v) is 3.07. The van der Waals surface area contributed by atoms with Gasteiger partial charge in [0.05, 0.1) is 0 Å².